The molecule has 2 aromatic carbocycles. The van der Waals surface area contributed by atoms with Crippen LogP contribution in [0, 0.1) is 5.92 Å². The molecule has 19 nitrogen and oxygen atoms in total. The molecule has 0 radical (unpaired) electrons. The van der Waals surface area contributed by atoms with Crippen LogP contribution in [0.5, 0.6) is 0 Å². The number of carbonyl (C=O) groups is 8. The Labute approximate surface area is 384 Å². The van der Waals surface area contributed by atoms with Crippen LogP contribution < -0.4 is 27.0 Å². The molecule has 0 aliphatic carbocycles. The summed E-state index contributed by atoms with van der Waals surface area (Å²) in [5.74, 6) is -5.06. The number of aliphatic carboxylic acids is 1. The van der Waals surface area contributed by atoms with Gasteiger partial charge in [-0.25, -0.2) is 9.78 Å². The fourth-order valence-corrected chi connectivity index (χ4v) is 9.14. The van der Waals surface area contributed by atoms with Gasteiger partial charge >= 0.3 is 5.97 Å². The molecule has 0 unspecified atom stereocenters. The summed E-state index contributed by atoms with van der Waals surface area (Å²) >= 11 is 0. The quantitative estimate of drug-likeness (QED) is 0.0818. The second-order valence-corrected chi connectivity index (χ2v) is 17.7. The van der Waals surface area contributed by atoms with Crippen molar-refractivity contribution in [2.75, 3.05) is 26.2 Å². The smallest absolute Gasteiger partial charge is 0.326 e. The summed E-state index contributed by atoms with van der Waals surface area (Å²) in [7, 11) is 0. The molecular formula is C47H62N10O9. The van der Waals surface area contributed by atoms with E-state index < -0.39 is 77.8 Å². The van der Waals surface area contributed by atoms with Crippen LogP contribution >= 0.6 is 0 Å². The predicted octanol–water partition coefficient (Wildman–Crippen LogP) is 0.439. The normalized spacial score (nSPS) is 20.0. The standard InChI is InChI=1S/C47H62N10O9/c1-29(2)22-35(45(63)56-20-9-16-37(56)44(62)54-36(47(65)66)24-31-14-7-4-8-15-31)53-41(59)33(23-30-12-5-3-6-13-30)51-42(60)34(25-32-27-49-28-50-32)52-43(61)38-17-10-21-57(38)46(64)39-18-11-19-55(39)40(58)26-48/h3-8,12-15,27-29,33-39H,9-11,16-26,48H2,1-2H3,(H,49,50)(H,51,60)(H,52,61)(H,53,59)(H,54,62)(H,65,66)/t33-,34-,35-,36-,37-,38-,39-/m0/s1. The molecule has 3 aliphatic rings. The van der Waals surface area contributed by atoms with Gasteiger partial charge in [-0.15, -0.1) is 0 Å². The van der Waals surface area contributed by atoms with E-state index in [1.54, 1.807) is 54.6 Å². The first kappa shape index (κ1) is 48.8. The number of hydrogen-bond acceptors (Lipinski definition) is 10. The Morgan fingerprint density at radius 3 is 1.71 bits per heavy atom. The van der Waals surface area contributed by atoms with Crippen molar-refractivity contribution >= 4 is 47.3 Å². The molecule has 0 saturated carbocycles. The minimum atomic E-state index is -1.24. The van der Waals surface area contributed by atoms with Gasteiger partial charge < -0.3 is 51.8 Å². The van der Waals surface area contributed by atoms with E-state index in [1.165, 1.54) is 27.2 Å². The molecule has 7 atom stereocenters. The summed E-state index contributed by atoms with van der Waals surface area (Å²) in [6.07, 6.45) is 5.90. The van der Waals surface area contributed by atoms with Crippen molar-refractivity contribution in [2.24, 2.45) is 11.7 Å². The number of aromatic amines is 1. The first-order valence-electron chi connectivity index (χ1n) is 22.8. The average molecular weight is 911 g/mol. The largest absolute Gasteiger partial charge is 0.480 e. The van der Waals surface area contributed by atoms with Crippen molar-refractivity contribution in [1.82, 2.24) is 45.9 Å². The van der Waals surface area contributed by atoms with Crippen LogP contribution in [0.3, 0.4) is 0 Å². The lowest BCUT2D eigenvalue weighted by molar-refractivity contribution is -0.146. The van der Waals surface area contributed by atoms with Crippen molar-refractivity contribution in [1.29, 1.82) is 0 Å². The van der Waals surface area contributed by atoms with Crippen LogP contribution in [0.15, 0.2) is 73.2 Å². The number of benzene rings is 2. The van der Waals surface area contributed by atoms with Crippen LogP contribution in [-0.2, 0) is 57.6 Å². The minimum Gasteiger partial charge on any atom is -0.480 e. The van der Waals surface area contributed by atoms with E-state index >= 15 is 0 Å². The van der Waals surface area contributed by atoms with Gasteiger partial charge in [-0.05, 0) is 62.0 Å². The van der Waals surface area contributed by atoms with Crippen LogP contribution in [0.25, 0.3) is 0 Å². The van der Waals surface area contributed by atoms with Crippen LogP contribution in [0.4, 0.5) is 0 Å². The second-order valence-electron chi connectivity index (χ2n) is 17.7. The number of hydrogen-bond donors (Lipinski definition) is 7. The van der Waals surface area contributed by atoms with E-state index in [1.807, 2.05) is 19.9 Å². The number of nitrogens with two attached hydrogens (primary N) is 1. The summed E-state index contributed by atoms with van der Waals surface area (Å²) in [5.41, 5.74) is 7.56. The SMILES string of the molecule is CC(C)C[C@H](NC(=O)[C@H](Cc1ccccc1)NC(=O)[C@H](Cc1cnc[nH]1)NC(=O)[C@@H]1CCCN1C(=O)[C@@H]1CCCN1C(=O)CN)C(=O)N1CCC[C@H]1C(=O)N[C@@H](Cc1ccccc1)C(=O)O. The third-order valence-corrected chi connectivity index (χ3v) is 12.5. The molecular weight excluding hydrogens is 849 g/mol. The molecule has 354 valence electrons. The van der Waals surface area contributed by atoms with E-state index in [0.717, 1.165) is 5.56 Å². The molecule has 19 heteroatoms. The molecule has 3 aromatic rings. The third-order valence-electron chi connectivity index (χ3n) is 12.5. The fraction of sp³-hybridized carbons (Fsp3) is 0.511. The highest BCUT2D eigenvalue weighted by molar-refractivity contribution is 5.98. The monoisotopic (exact) mass is 910 g/mol. The predicted molar refractivity (Wildman–Crippen MR) is 241 cm³/mol. The highest BCUT2D eigenvalue weighted by atomic mass is 16.4. The zero-order valence-electron chi connectivity index (χ0n) is 37.5. The number of rotatable bonds is 20. The Morgan fingerprint density at radius 2 is 1.17 bits per heavy atom. The zero-order valence-corrected chi connectivity index (χ0v) is 37.5. The number of carboxylic acids is 1. The average Bonchev–Trinajstić information content (AvgIpc) is 4.16. The van der Waals surface area contributed by atoms with Gasteiger partial charge in [0.25, 0.3) is 0 Å². The first-order chi connectivity index (χ1) is 31.7. The summed E-state index contributed by atoms with van der Waals surface area (Å²) in [6.45, 7) is 4.44. The van der Waals surface area contributed by atoms with Gasteiger partial charge in [0.15, 0.2) is 0 Å². The number of likely N-dealkylation sites (tertiary alicyclic amines) is 3. The van der Waals surface area contributed by atoms with E-state index in [4.69, 9.17) is 5.73 Å². The molecule has 66 heavy (non-hydrogen) atoms. The van der Waals surface area contributed by atoms with Crippen LogP contribution in [0.2, 0.25) is 0 Å². The van der Waals surface area contributed by atoms with Gasteiger partial charge in [0.05, 0.1) is 12.9 Å². The number of imidazole rings is 1. The fourth-order valence-electron chi connectivity index (χ4n) is 9.14. The Bertz CT molecular complexity index is 2170. The molecule has 0 bridgehead atoms. The van der Waals surface area contributed by atoms with E-state index in [0.29, 0.717) is 62.9 Å². The second kappa shape index (κ2) is 23.0. The van der Waals surface area contributed by atoms with E-state index in [2.05, 4.69) is 31.2 Å². The molecule has 6 rings (SSSR count). The maximum absolute atomic E-state index is 14.5. The molecule has 4 heterocycles. The number of nitrogens with zero attached hydrogens (tertiary/aromatic N) is 4. The molecule has 1 aromatic heterocycles. The topological polar surface area (TPSA) is 269 Å². The maximum atomic E-state index is 14.5. The highest BCUT2D eigenvalue weighted by Crippen LogP contribution is 2.26. The van der Waals surface area contributed by atoms with Gasteiger partial charge in [0.1, 0.15) is 42.3 Å². The summed E-state index contributed by atoms with van der Waals surface area (Å²) < 4.78 is 0. The lowest BCUT2D eigenvalue weighted by Gasteiger charge is -2.32. The molecule has 0 spiro atoms. The molecule has 8 N–H and O–H groups in total. The van der Waals surface area contributed by atoms with Gasteiger partial charge in [-0.3, -0.25) is 33.6 Å². The zero-order chi connectivity index (χ0) is 47.3. The Morgan fingerprint density at radius 1 is 0.667 bits per heavy atom. The molecule has 7 amide bonds. The van der Waals surface area contributed by atoms with Gasteiger partial charge in [0.2, 0.25) is 41.4 Å². The maximum Gasteiger partial charge on any atom is 0.326 e. The Kier molecular flexibility index (Phi) is 17.0. The van der Waals surface area contributed by atoms with Crippen LogP contribution in [-0.4, -0.2) is 146 Å². The third kappa shape index (κ3) is 12.6. The molecule has 3 fully saturated rings. The number of nitrogens with one attached hydrogen (secondary N) is 5. The van der Waals surface area contributed by atoms with Crippen molar-refractivity contribution in [3.05, 3.63) is 90.0 Å². The van der Waals surface area contributed by atoms with E-state index in [-0.39, 0.29) is 56.5 Å². The first-order valence-corrected chi connectivity index (χ1v) is 22.8. The van der Waals surface area contributed by atoms with Gasteiger partial charge in [0, 0.05) is 50.8 Å². The summed E-state index contributed by atoms with van der Waals surface area (Å²) in [6, 6.07) is 10.4. The van der Waals surface area contributed by atoms with E-state index in [9.17, 15) is 43.5 Å². The summed E-state index contributed by atoms with van der Waals surface area (Å²) in [4.78, 5) is 121. The lowest BCUT2D eigenvalue weighted by Crippen LogP contribution is -2.60. The van der Waals surface area contributed by atoms with Gasteiger partial charge in [-0.1, -0.05) is 74.5 Å². The van der Waals surface area contributed by atoms with Crippen molar-refractivity contribution < 1.29 is 43.5 Å². The minimum absolute atomic E-state index is 0.0166. The highest BCUT2D eigenvalue weighted by Gasteiger charge is 2.43. The van der Waals surface area contributed by atoms with Crippen molar-refractivity contribution in [3.8, 4) is 0 Å². The van der Waals surface area contributed by atoms with Crippen LogP contribution in [0.1, 0.15) is 75.6 Å². The van der Waals surface area contributed by atoms with Crippen molar-refractivity contribution in [3.63, 3.8) is 0 Å². The number of aromatic nitrogens is 2. The molecule has 3 aliphatic heterocycles. The van der Waals surface area contributed by atoms with Gasteiger partial charge in [-0.2, -0.15) is 0 Å². The number of carbonyl (C=O) groups excluding carboxylic acids is 7. The Balaban J connectivity index is 1.19. The molecule has 3 saturated heterocycles. The number of amides is 7. The number of H-pyrrole nitrogens is 1. The van der Waals surface area contributed by atoms with Crippen molar-refractivity contribution in [2.45, 2.75) is 120 Å². The Hall–Kier alpha value is -6.63. The summed E-state index contributed by atoms with van der Waals surface area (Å²) in [5, 5.41) is 21.2. The lowest BCUT2D eigenvalue weighted by atomic mass is 9.99. The number of carboxylic acid groups (broad SMARTS) is 1.